The van der Waals surface area contributed by atoms with Crippen molar-refractivity contribution < 1.29 is 9.18 Å². The van der Waals surface area contributed by atoms with Crippen LogP contribution in [0, 0.1) is 17.2 Å². The normalized spacial score (nSPS) is 25.8. The summed E-state index contributed by atoms with van der Waals surface area (Å²) in [7, 11) is 0. The van der Waals surface area contributed by atoms with Gasteiger partial charge < -0.3 is 4.90 Å². The Balaban J connectivity index is 1.33. The third-order valence-electron chi connectivity index (χ3n) is 5.64. The van der Waals surface area contributed by atoms with Crippen LogP contribution in [0.1, 0.15) is 18.4 Å². The van der Waals surface area contributed by atoms with Gasteiger partial charge in [0, 0.05) is 24.5 Å². The lowest BCUT2D eigenvalue weighted by molar-refractivity contribution is -0.132. The Bertz CT molecular complexity index is 880. The zero-order valence-electron chi connectivity index (χ0n) is 15.2. The molecule has 0 aliphatic carbocycles. The Morgan fingerprint density at radius 1 is 1.33 bits per heavy atom. The zero-order chi connectivity index (χ0) is 18.8. The third kappa shape index (κ3) is 3.93. The van der Waals surface area contributed by atoms with Crippen molar-refractivity contribution in [2.75, 3.05) is 26.2 Å². The molecule has 3 atom stereocenters. The first-order valence-corrected chi connectivity index (χ1v) is 9.51. The highest BCUT2D eigenvalue weighted by atomic mass is 19.1. The van der Waals surface area contributed by atoms with Crippen molar-refractivity contribution in [3.8, 4) is 6.07 Å². The van der Waals surface area contributed by atoms with Crippen molar-refractivity contribution in [2.45, 2.75) is 31.5 Å². The molecule has 3 heterocycles. The van der Waals surface area contributed by atoms with Crippen LogP contribution in [-0.4, -0.2) is 59.1 Å². The molecular weight excluding hydrogens is 343 g/mol. The standard InChI is InChI=1S/C21H23FN4O/c22-18-10-19(11-23)26(13-18)21(27)14-25-7-5-16(12-25)8-15-3-4-17-2-1-6-24-20(17)9-15/h1-4,6,9,16,18-19H,5,7-8,10,12-14H2/t16-,18-,19-/m0/s1. The van der Waals surface area contributed by atoms with E-state index in [1.54, 1.807) is 0 Å². The van der Waals surface area contributed by atoms with Crippen LogP contribution in [0.25, 0.3) is 10.9 Å². The number of alkyl halides is 1. The Labute approximate surface area is 158 Å². The van der Waals surface area contributed by atoms with E-state index in [0.717, 1.165) is 36.8 Å². The van der Waals surface area contributed by atoms with Crippen LogP contribution in [0.15, 0.2) is 36.5 Å². The molecule has 2 saturated heterocycles. The summed E-state index contributed by atoms with van der Waals surface area (Å²) in [6.45, 7) is 2.06. The summed E-state index contributed by atoms with van der Waals surface area (Å²) in [5.74, 6) is 0.371. The molecular formula is C21H23FN4O. The predicted octanol–water partition coefficient (Wildman–Crippen LogP) is 2.56. The molecule has 5 nitrogen and oxygen atoms in total. The summed E-state index contributed by atoms with van der Waals surface area (Å²) in [6.07, 6.45) is 2.88. The molecule has 0 spiro atoms. The lowest BCUT2D eigenvalue weighted by Gasteiger charge is -2.23. The second kappa shape index (κ2) is 7.61. The van der Waals surface area contributed by atoms with E-state index < -0.39 is 12.2 Å². The van der Waals surface area contributed by atoms with Crippen molar-refractivity contribution >= 4 is 16.8 Å². The molecule has 2 aliphatic heterocycles. The Morgan fingerprint density at radius 2 is 2.22 bits per heavy atom. The average Bonchev–Trinajstić information content (AvgIpc) is 3.27. The van der Waals surface area contributed by atoms with Gasteiger partial charge in [0.2, 0.25) is 5.91 Å². The zero-order valence-corrected chi connectivity index (χ0v) is 15.2. The summed E-state index contributed by atoms with van der Waals surface area (Å²) in [6, 6.07) is 11.8. The van der Waals surface area contributed by atoms with E-state index >= 15 is 0 Å². The van der Waals surface area contributed by atoms with E-state index in [4.69, 9.17) is 5.26 Å². The number of pyridine rings is 1. The SMILES string of the molecule is N#C[C@@H]1C[C@H](F)CN1C(=O)CN1CC[C@@H](Cc2ccc3cccnc3c2)C1. The molecule has 6 heteroatoms. The number of aromatic nitrogens is 1. The van der Waals surface area contributed by atoms with Crippen molar-refractivity contribution in [3.05, 3.63) is 42.1 Å². The lowest BCUT2D eigenvalue weighted by Crippen LogP contribution is -2.42. The lowest BCUT2D eigenvalue weighted by atomic mass is 9.98. The van der Waals surface area contributed by atoms with Gasteiger partial charge in [-0.15, -0.1) is 0 Å². The molecule has 27 heavy (non-hydrogen) atoms. The van der Waals surface area contributed by atoms with E-state index in [-0.39, 0.29) is 25.4 Å². The fraction of sp³-hybridized carbons (Fsp3) is 0.476. The van der Waals surface area contributed by atoms with Crippen LogP contribution in [-0.2, 0) is 11.2 Å². The molecule has 0 bridgehead atoms. The number of nitrogens with zero attached hydrogens (tertiary/aromatic N) is 4. The van der Waals surface area contributed by atoms with Gasteiger partial charge in [0.25, 0.3) is 0 Å². The Morgan fingerprint density at radius 3 is 3.07 bits per heavy atom. The van der Waals surface area contributed by atoms with Crippen LogP contribution in [0.3, 0.4) is 0 Å². The second-order valence-corrected chi connectivity index (χ2v) is 7.65. The quantitative estimate of drug-likeness (QED) is 0.834. The van der Waals surface area contributed by atoms with E-state index in [2.05, 4.69) is 34.1 Å². The van der Waals surface area contributed by atoms with Crippen LogP contribution >= 0.6 is 0 Å². The van der Waals surface area contributed by atoms with Crippen LogP contribution in [0.4, 0.5) is 4.39 Å². The topological polar surface area (TPSA) is 60.2 Å². The molecule has 0 N–H and O–H groups in total. The molecule has 0 saturated carbocycles. The summed E-state index contributed by atoms with van der Waals surface area (Å²) < 4.78 is 13.5. The number of carbonyl (C=O) groups excluding carboxylic acids is 1. The van der Waals surface area contributed by atoms with Gasteiger partial charge in [0.1, 0.15) is 12.2 Å². The highest BCUT2D eigenvalue weighted by Gasteiger charge is 2.36. The van der Waals surface area contributed by atoms with E-state index in [1.165, 1.54) is 10.5 Å². The van der Waals surface area contributed by atoms with E-state index in [9.17, 15) is 9.18 Å². The minimum atomic E-state index is -1.08. The number of likely N-dealkylation sites (tertiary alicyclic amines) is 2. The van der Waals surface area contributed by atoms with Crippen LogP contribution < -0.4 is 0 Å². The fourth-order valence-electron chi connectivity index (χ4n) is 4.26. The minimum Gasteiger partial charge on any atom is -0.323 e. The van der Waals surface area contributed by atoms with Gasteiger partial charge in [0.15, 0.2) is 0 Å². The van der Waals surface area contributed by atoms with Gasteiger partial charge >= 0.3 is 0 Å². The summed E-state index contributed by atoms with van der Waals surface area (Å²) in [5, 5.41) is 10.3. The summed E-state index contributed by atoms with van der Waals surface area (Å²) in [5.41, 5.74) is 2.28. The number of halogens is 1. The first kappa shape index (κ1) is 17.9. The van der Waals surface area contributed by atoms with Crippen molar-refractivity contribution in [1.82, 2.24) is 14.8 Å². The molecule has 2 aromatic rings. The van der Waals surface area contributed by atoms with Gasteiger partial charge in [-0.05, 0) is 43.0 Å². The highest BCUT2D eigenvalue weighted by molar-refractivity contribution is 5.79. The summed E-state index contributed by atoms with van der Waals surface area (Å²) >= 11 is 0. The molecule has 140 valence electrons. The number of benzene rings is 1. The van der Waals surface area contributed by atoms with Crippen LogP contribution in [0.2, 0.25) is 0 Å². The third-order valence-corrected chi connectivity index (χ3v) is 5.64. The molecule has 1 aromatic carbocycles. The fourth-order valence-corrected chi connectivity index (χ4v) is 4.26. The second-order valence-electron chi connectivity index (χ2n) is 7.65. The van der Waals surface area contributed by atoms with Gasteiger partial charge in [0.05, 0.1) is 24.7 Å². The highest BCUT2D eigenvalue weighted by Crippen LogP contribution is 2.24. The van der Waals surface area contributed by atoms with Crippen molar-refractivity contribution in [2.24, 2.45) is 5.92 Å². The average molecular weight is 366 g/mol. The van der Waals surface area contributed by atoms with Gasteiger partial charge in [-0.25, -0.2) is 4.39 Å². The molecule has 0 radical (unpaired) electrons. The number of amides is 1. The maximum absolute atomic E-state index is 13.5. The molecule has 2 aliphatic rings. The van der Waals surface area contributed by atoms with Crippen molar-refractivity contribution in [3.63, 3.8) is 0 Å². The molecule has 4 rings (SSSR count). The summed E-state index contributed by atoms with van der Waals surface area (Å²) in [4.78, 5) is 20.4. The number of nitriles is 1. The number of rotatable bonds is 4. The maximum Gasteiger partial charge on any atom is 0.237 e. The van der Waals surface area contributed by atoms with Crippen LogP contribution in [0.5, 0.6) is 0 Å². The number of carbonyl (C=O) groups is 1. The molecule has 1 aromatic heterocycles. The largest absolute Gasteiger partial charge is 0.323 e. The maximum atomic E-state index is 13.5. The van der Waals surface area contributed by atoms with Gasteiger partial charge in [-0.2, -0.15) is 5.26 Å². The molecule has 0 unspecified atom stereocenters. The predicted molar refractivity (Wildman–Crippen MR) is 101 cm³/mol. The monoisotopic (exact) mass is 366 g/mol. The van der Waals surface area contributed by atoms with Gasteiger partial charge in [-0.1, -0.05) is 18.2 Å². The number of fused-ring (bicyclic) bond motifs is 1. The van der Waals surface area contributed by atoms with Crippen molar-refractivity contribution in [1.29, 1.82) is 5.26 Å². The smallest absolute Gasteiger partial charge is 0.237 e. The molecule has 2 fully saturated rings. The van der Waals surface area contributed by atoms with E-state index in [1.807, 2.05) is 18.3 Å². The minimum absolute atomic E-state index is 0.0540. The Hall–Kier alpha value is -2.52. The van der Waals surface area contributed by atoms with E-state index in [0.29, 0.717) is 5.92 Å². The number of hydrogen-bond acceptors (Lipinski definition) is 4. The first-order chi connectivity index (χ1) is 13.1. The number of hydrogen-bond donors (Lipinski definition) is 0. The van der Waals surface area contributed by atoms with Gasteiger partial charge in [-0.3, -0.25) is 14.7 Å². The Kier molecular flexibility index (Phi) is 5.04. The first-order valence-electron chi connectivity index (χ1n) is 9.51. The molecule has 1 amide bonds.